The topological polar surface area (TPSA) is 76.0 Å². The zero-order chi connectivity index (χ0) is 19.7. The summed E-state index contributed by atoms with van der Waals surface area (Å²) < 4.78 is 2.07. The van der Waals surface area contributed by atoms with Gasteiger partial charge < -0.3 is 15.2 Å². The van der Waals surface area contributed by atoms with Crippen molar-refractivity contribution in [2.45, 2.75) is 26.3 Å². The number of rotatable bonds is 4. The molecule has 3 heterocycles. The van der Waals surface area contributed by atoms with Crippen LogP contribution in [0, 0.1) is 0 Å². The van der Waals surface area contributed by atoms with Crippen LogP contribution in [0.15, 0.2) is 48.3 Å². The van der Waals surface area contributed by atoms with Crippen LogP contribution >= 0.6 is 0 Å². The molecule has 0 fully saturated rings. The number of hydrogen-bond donors (Lipinski definition) is 2. The van der Waals surface area contributed by atoms with E-state index in [1.165, 1.54) is 0 Å². The van der Waals surface area contributed by atoms with E-state index in [9.17, 15) is 9.59 Å². The Morgan fingerprint density at radius 3 is 3.04 bits per heavy atom. The van der Waals surface area contributed by atoms with Crippen LogP contribution in [0.2, 0.25) is 0 Å². The fourth-order valence-electron chi connectivity index (χ4n) is 3.50. The minimum atomic E-state index is -0.112. The highest BCUT2D eigenvalue weighted by Crippen LogP contribution is 2.22. The summed E-state index contributed by atoms with van der Waals surface area (Å²) in [5.41, 5.74) is 4.70. The van der Waals surface area contributed by atoms with E-state index in [2.05, 4.69) is 32.3 Å². The summed E-state index contributed by atoms with van der Waals surface area (Å²) in [6.45, 7) is 2.26. The van der Waals surface area contributed by atoms with Gasteiger partial charge in [0.1, 0.15) is 5.82 Å². The molecule has 0 radical (unpaired) electrons. The van der Waals surface area contributed by atoms with Crippen LogP contribution in [-0.2, 0) is 29.6 Å². The molecule has 1 aliphatic rings. The summed E-state index contributed by atoms with van der Waals surface area (Å²) in [4.78, 5) is 28.3. The van der Waals surface area contributed by atoms with Gasteiger partial charge in [0.2, 0.25) is 11.8 Å². The average Bonchev–Trinajstić information content (AvgIpc) is 3.08. The standard InChI is InChI=1S/C22H22N4O2/c1-14(10-15-11-16-6-7-20(27)25-21(16)23-12-15)22(28)24-13-17-4-3-5-19-18(17)8-9-26(19)2/h3-5,8-12H,6-7,13H2,1-2H3,(H,24,28)(H,23,25,27). The predicted octanol–water partition coefficient (Wildman–Crippen LogP) is 3.18. The molecule has 0 bridgehead atoms. The van der Waals surface area contributed by atoms with Crippen molar-refractivity contribution in [2.75, 3.05) is 5.32 Å². The van der Waals surface area contributed by atoms with Gasteiger partial charge in [0.05, 0.1) is 0 Å². The molecule has 0 spiro atoms. The van der Waals surface area contributed by atoms with E-state index in [0.29, 0.717) is 30.8 Å². The van der Waals surface area contributed by atoms with Crippen molar-refractivity contribution < 1.29 is 9.59 Å². The summed E-state index contributed by atoms with van der Waals surface area (Å²) >= 11 is 0. The van der Waals surface area contributed by atoms with Crippen molar-refractivity contribution >= 4 is 34.6 Å². The Hall–Kier alpha value is -3.41. The van der Waals surface area contributed by atoms with Gasteiger partial charge in [0.15, 0.2) is 0 Å². The van der Waals surface area contributed by atoms with E-state index >= 15 is 0 Å². The molecule has 6 heteroatoms. The summed E-state index contributed by atoms with van der Waals surface area (Å²) in [5, 5.41) is 6.91. The first-order valence-electron chi connectivity index (χ1n) is 9.29. The smallest absolute Gasteiger partial charge is 0.247 e. The van der Waals surface area contributed by atoms with E-state index in [0.717, 1.165) is 27.6 Å². The van der Waals surface area contributed by atoms with Crippen LogP contribution < -0.4 is 10.6 Å². The van der Waals surface area contributed by atoms with E-state index in [4.69, 9.17) is 0 Å². The van der Waals surface area contributed by atoms with Gasteiger partial charge in [-0.15, -0.1) is 0 Å². The minimum Gasteiger partial charge on any atom is -0.351 e. The number of aryl methyl sites for hydroxylation is 2. The van der Waals surface area contributed by atoms with Crippen LogP contribution in [-0.4, -0.2) is 21.4 Å². The highest BCUT2D eigenvalue weighted by atomic mass is 16.2. The Labute approximate surface area is 163 Å². The van der Waals surface area contributed by atoms with Crippen molar-refractivity contribution in [3.05, 3.63) is 65.0 Å². The Morgan fingerprint density at radius 2 is 2.18 bits per heavy atom. The molecule has 0 saturated carbocycles. The first kappa shape index (κ1) is 18.0. The lowest BCUT2D eigenvalue weighted by atomic mass is 10.0. The second kappa shape index (κ2) is 7.31. The van der Waals surface area contributed by atoms with Gasteiger partial charge in [-0.05, 0) is 54.3 Å². The minimum absolute atomic E-state index is 0.00714. The van der Waals surface area contributed by atoms with E-state index in [1.807, 2.05) is 37.5 Å². The first-order valence-corrected chi connectivity index (χ1v) is 9.29. The number of nitrogens with one attached hydrogen (secondary N) is 2. The van der Waals surface area contributed by atoms with Crippen LogP contribution in [0.25, 0.3) is 17.0 Å². The molecule has 4 rings (SSSR count). The number of anilines is 1. The molecule has 142 valence electrons. The summed E-state index contributed by atoms with van der Waals surface area (Å²) in [7, 11) is 2.01. The summed E-state index contributed by atoms with van der Waals surface area (Å²) in [6, 6.07) is 10.1. The number of benzene rings is 1. The maximum atomic E-state index is 12.5. The van der Waals surface area contributed by atoms with Crippen LogP contribution in [0.1, 0.15) is 30.0 Å². The third kappa shape index (κ3) is 3.53. The van der Waals surface area contributed by atoms with Gasteiger partial charge in [0.25, 0.3) is 0 Å². The third-order valence-electron chi connectivity index (χ3n) is 5.07. The predicted molar refractivity (Wildman–Crippen MR) is 110 cm³/mol. The fraction of sp³-hybridized carbons (Fsp3) is 0.227. The quantitative estimate of drug-likeness (QED) is 0.689. The number of fused-ring (bicyclic) bond motifs is 2. The summed E-state index contributed by atoms with van der Waals surface area (Å²) in [5.74, 6) is 0.498. The maximum absolute atomic E-state index is 12.5. The van der Waals surface area contributed by atoms with E-state index in [1.54, 1.807) is 13.1 Å². The van der Waals surface area contributed by atoms with Crippen LogP contribution in [0.4, 0.5) is 5.82 Å². The van der Waals surface area contributed by atoms with Gasteiger partial charge in [-0.1, -0.05) is 12.1 Å². The molecule has 28 heavy (non-hydrogen) atoms. The average molecular weight is 374 g/mol. The molecular weight excluding hydrogens is 352 g/mol. The Kier molecular flexibility index (Phi) is 4.69. The molecule has 6 nitrogen and oxygen atoms in total. The van der Waals surface area contributed by atoms with Crippen LogP contribution in [0.3, 0.4) is 0 Å². The molecule has 0 unspecified atom stereocenters. The Morgan fingerprint density at radius 1 is 1.32 bits per heavy atom. The second-order valence-electron chi connectivity index (χ2n) is 7.11. The van der Waals surface area contributed by atoms with Crippen molar-refractivity contribution in [2.24, 2.45) is 7.05 Å². The molecule has 0 aliphatic carbocycles. The second-order valence-corrected chi connectivity index (χ2v) is 7.11. The number of hydrogen-bond acceptors (Lipinski definition) is 3. The molecule has 2 N–H and O–H groups in total. The first-order chi connectivity index (χ1) is 13.5. The lowest BCUT2D eigenvalue weighted by molar-refractivity contribution is -0.117. The molecule has 0 atom stereocenters. The molecule has 1 aliphatic heterocycles. The molecule has 0 saturated heterocycles. The van der Waals surface area contributed by atoms with Crippen molar-refractivity contribution in [3.8, 4) is 0 Å². The van der Waals surface area contributed by atoms with Gasteiger partial charge in [0, 0.05) is 48.9 Å². The molecule has 3 aromatic rings. The van der Waals surface area contributed by atoms with Crippen molar-refractivity contribution in [1.82, 2.24) is 14.9 Å². The maximum Gasteiger partial charge on any atom is 0.247 e. The Bertz CT molecular complexity index is 1110. The SMILES string of the molecule is CC(=Cc1cnc2c(c1)CCC(=O)N2)C(=O)NCc1cccc2c1ccn2C. The monoisotopic (exact) mass is 374 g/mol. The van der Waals surface area contributed by atoms with E-state index < -0.39 is 0 Å². The number of amides is 2. The zero-order valence-corrected chi connectivity index (χ0v) is 16.0. The Balaban J connectivity index is 1.46. The lowest BCUT2D eigenvalue weighted by Gasteiger charge is -2.15. The fourth-order valence-corrected chi connectivity index (χ4v) is 3.50. The van der Waals surface area contributed by atoms with Crippen molar-refractivity contribution in [1.29, 1.82) is 0 Å². The number of aromatic nitrogens is 2. The normalized spacial score (nSPS) is 13.9. The highest BCUT2D eigenvalue weighted by Gasteiger charge is 2.16. The van der Waals surface area contributed by atoms with Crippen LogP contribution in [0.5, 0.6) is 0 Å². The largest absolute Gasteiger partial charge is 0.351 e. The third-order valence-corrected chi connectivity index (χ3v) is 5.07. The van der Waals surface area contributed by atoms with Crippen molar-refractivity contribution in [3.63, 3.8) is 0 Å². The molecule has 2 aromatic heterocycles. The molecule has 1 aromatic carbocycles. The van der Waals surface area contributed by atoms with Gasteiger partial charge in [-0.3, -0.25) is 9.59 Å². The van der Waals surface area contributed by atoms with Gasteiger partial charge >= 0.3 is 0 Å². The van der Waals surface area contributed by atoms with Gasteiger partial charge in [-0.2, -0.15) is 0 Å². The molecule has 2 amide bonds. The summed E-state index contributed by atoms with van der Waals surface area (Å²) in [6.07, 6.45) is 6.65. The zero-order valence-electron chi connectivity index (χ0n) is 16.0. The van der Waals surface area contributed by atoms with E-state index in [-0.39, 0.29) is 11.8 Å². The highest BCUT2D eigenvalue weighted by molar-refractivity contribution is 5.98. The number of pyridine rings is 1. The molecular formula is C22H22N4O2. The number of carbonyl (C=O) groups is 2. The van der Waals surface area contributed by atoms with Gasteiger partial charge in [-0.25, -0.2) is 4.98 Å². The number of nitrogens with zero attached hydrogens (tertiary/aromatic N) is 2. The number of carbonyl (C=O) groups excluding carboxylic acids is 2. The lowest BCUT2D eigenvalue weighted by Crippen LogP contribution is -2.23.